The van der Waals surface area contributed by atoms with Crippen molar-refractivity contribution in [3.63, 3.8) is 0 Å². The molecule has 0 heterocycles. The van der Waals surface area contributed by atoms with E-state index in [1.165, 1.54) is 19.1 Å². The van der Waals surface area contributed by atoms with Gasteiger partial charge in [0.15, 0.2) is 0 Å². The van der Waals surface area contributed by atoms with Crippen molar-refractivity contribution in [3.8, 4) is 0 Å². The van der Waals surface area contributed by atoms with Crippen LogP contribution in [-0.4, -0.2) is 29.8 Å². The third-order valence-corrected chi connectivity index (χ3v) is 3.21. The number of amides is 2. The lowest BCUT2D eigenvalue weighted by Gasteiger charge is -2.20. The standard InChI is InChI=1S/C16H23FN2O2/c1-3-4-5-10-19(13(2)20)12-16(21)18-11-14-6-8-15(17)9-7-14/h6-9H,3-5,10-12H2,1-2H3,(H,18,21). The fourth-order valence-electron chi connectivity index (χ4n) is 1.93. The second-order valence-corrected chi connectivity index (χ2v) is 5.05. The maximum Gasteiger partial charge on any atom is 0.239 e. The molecule has 0 saturated heterocycles. The summed E-state index contributed by atoms with van der Waals surface area (Å²) in [6.45, 7) is 4.57. The van der Waals surface area contributed by atoms with Gasteiger partial charge in [-0.3, -0.25) is 9.59 Å². The van der Waals surface area contributed by atoms with E-state index in [1.54, 1.807) is 17.0 Å². The predicted octanol–water partition coefficient (Wildman–Crippen LogP) is 2.48. The molecule has 1 N–H and O–H groups in total. The van der Waals surface area contributed by atoms with Crippen LogP contribution in [0.15, 0.2) is 24.3 Å². The van der Waals surface area contributed by atoms with Gasteiger partial charge in [0.1, 0.15) is 5.82 Å². The second-order valence-electron chi connectivity index (χ2n) is 5.05. The highest BCUT2D eigenvalue weighted by atomic mass is 19.1. The Hall–Kier alpha value is -1.91. The molecule has 21 heavy (non-hydrogen) atoms. The highest BCUT2D eigenvalue weighted by Crippen LogP contribution is 2.02. The first-order valence-corrected chi connectivity index (χ1v) is 7.29. The molecule has 0 saturated carbocycles. The van der Waals surface area contributed by atoms with Crippen molar-refractivity contribution in [1.82, 2.24) is 10.2 Å². The van der Waals surface area contributed by atoms with Crippen LogP contribution < -0.4 is 5.32 Å². The van der Waals surface area contributed by atoms with E-state index in [1.807, 2.05) is 0 Å². The van der Waals surface area contributed by atoms with E-state index in [-0.39, 0.29) is 24.2 Å². The molecular weight excluding hydrogens is 271 g/mol. The molecule has 1 aromatic carbocycles. The summed E-state index contributed by atoms with van der Waals surface area (Å²) in [5.74, 6) is -0.599. The number of carbonyl (C=O) groups excluding carboxylic acids is 2. The number of rotatable bonds is 8. The number of nitrogens with zero attached hydrogens (tertiary/aromatic N) is 1. The first kappa shape index (κ1) is 17.1. The molecule has 0 unspecified atom stereocenters. The molecule has 0 aliphatic heterocycles. The van der Waals surface area contributed by atoms with Gasteiger partial charge in [-0.2, -0.15) is 0 Å². The molecule has 0 bridgehead atoms. The summed E-state index contributed by atoms with van der Waals surface area (Å²) in [6, 6.07) is 5.96. The molecule has 5 heteroatoms. The Balaban J connectivity index is 2.39. The fraction of sp³-hybridized carbons (Fsp3) is 0.500. The highest BCUT2D eigenvalue weighted by Gasteiger charge is 2.12. The van der Waals surface area contributed by atoms with Crippen molar-refractivity contribution in [2.75, 3.05) is 13.1 Å². The first-order chi connectivity index (χ1) is 10.0. The Morgan fingerprint density at radius 1 is 1.19 bits per heavy atom. The molecule has 1 rings (SSSR count). The number of halogens is 1. The molecule has 0 aliphatic rings. The monoisotopic (exact) mass is 294 g/mol. The quantitative estimate of drug-likeness (QED) is 0.749. The van der Waals surface area contributed by atoms with E-state index >= 15 is 0 Å². The van der Waals surface area contributed by atoms with E-state index in [2.05, 4.69) is 12.2 Å². The average molecular weight is 294 g/mol. The Labute approximate surface area is 125 Å². The van der Waals surface area contributed by atoms with Crippen LogP contribution in [0.1, 0.15) is 38.7 Å². The number of hydrogen-bond acceptors (Lipinski definition) is 2. The van der Waals surface area contributed by atoms with Crippen molar-refractivity contribution in [3.05, 3.63) is 35.6 Å². The highest BCUT2D eigenvalue weighted by molar-refractivity contribution is 5.83. The predicted molar refractivity (Wildman–Crippen MR) is 80.0 cm³/mol. The molecular formula is C16H23FN2O2. The van der Waals surface area contributed by atoms with Crippen LogP contribution in [0.3, 0.4) is 0 Å². The summed E-state index contributed by atoms with van der Waals surface area (Å²) < 4.78 is 12.8. The fourth-order valence-corrected chi connectivity index (χ4v) is 1.93. The molecule has 2 amide bonds. The summed E-state index contributed by atoms with van der Waals surface area (Å²) in [6.07, 6.45) is 3.02. The van der Waals surface area contributed by atoms with E-state index in [9.17, 15) is 14.0 Å². The van der Waals surface area contributed by atoms with Gasteiger partial charge in [0.05, 0.1) is 6.54 Å². The molecule has 0 radical (unpaired) electrons. The van der Waals surface area contributed by atoms with E-state index in [0.717, 1.165) is 24.8 Å². The molecule has 0 spiro atoms. The van der Waals surface area contributed by atoms with E-state index in [0.29, 0.717) is 13.1 Å². The van der Waals surface area contributed by atoms with Crippen LogP contribution >= 0.6 is 0 Å². The molecule has 1 aromatic rings. The van der Waals surface area contributed by atoms with Crippen molar-refractivity contribution in [2.24, 2.45) is 0 Å². The number of nitrogens with one attached hydrogen (secondary N) is 1. The summed E-state index contributed by atoms with van der Waals surface area (Å²) in [7, 11) is 0. The van der Waals surface area contributed by atoms with Gasteiger partial charge in [-0.1, -0.05) is 31.9 Å². The van der Waals surface area contributed by atoms with Crippen molar-refractivity contribution >= 4 is 11.8 Å². The lowest BCUT2D eigenvalue weighted by molar-refractivity contribution is -0.134. The summed E-state index contributed by atoms with van der Waals surface area (Å²) >= 11 is 0. The van der Waals surface area contributed by atoms with E-state index in [4.69, 9.17) is 0 Å². The minimum absolute atomic E-state index is 0.0697. The van der Waals surface area contributed by atoms with Crippen LogP contribution in [0.5, 0.6) is 0 Å². The summed E-state index contributed by atoms with van der Waals surface area (Å²) in [5, 5.41) is 2.74. The van der Waals surface area contributed by atoms with Crippen LogP contribution in [0.2, 0.25) is 0 Å². The van der Waals surface area contributed by atoms with Crippen LogP contribution in [0.25, 0.3) is 0 Å². The zero-order chi connectivity index (χ0) is 15.7. The molecule has 4 nitrogen and oxygen atoms in total. The van der Waals surface area contributed by atoms with Gasteiger partial charge in [0.2, 0.25) is 11.8 Å². The second kappa shape index (κ2) is 9.10. The average Bonchev–Trinajstić information content (AvgIpc) is 2.45. The third kappa shape index (κ3) is 6.88. The summed E-state index contributed by atoms with van der Waals surface area (Å²) in [4.78, 5) is 24.9. The van der Waals surface area contributed by atoms with Crippen LogP contribution in [0.4, 0.5) is 4.39 Å². The van der Waals surface area contributed by atoms with Crippen molar-refractivity contribution in [1.29, 1.82) is 0 Å². The van der Waals surface area contributed by atoms with Gasteiger partial charge >= 0.3 is 0 Å². The minimum Gasteiger partial charge on any atom is -0.350 e. The van der Waals surface area contributed by atoms with Gasteiger partial charge in [0, 0.05) is 20.0 Å². The number of hydrogen-bond donors (Lipinski definition) is 1. The molecule has 116 valence electrons. The van der Waals surface area contributed by atoms with Crippen molar-refractivity contribution < 1.29 is 14.0 Å². The van der Waals surface area contributed by atoms with Gasteiger partial charge in [-0.05, 0) is 24.1 Å². The zero-order valence-corrected chi connectivity index (χ0v) is 12.7. The summed E-state index contributed by atoms with van der Waals surface area (Å²) in [5.41, 5.74) is 0.824. The SMILES string of the molecule is CCCCCN(CC(=O)NCc1ccc(F)cc1)C(C)=O. The lowest BCUT2D eigenvalue weighted by Crippen LogP contribution is -2.40. The van der Waals surface area contributed by atoms with Gasteiger partial charge in [-0.25, -0.2) is 4.39 Å². The van der Waals surface area contributed by atoms with Gasteiger partial charge < -0.3 is 10.2 Å². The molecule has 0 fully saturated rings. The zero-order valence-electron chi connectivity index (χ0n) is 12.7. The Morgan fingerprint density at radius 2 is 1.86 bits per heavy atom. The number of benzene rings is 1. The Bertz CT molecular complexity index is 460. The number of carbonyl (C=O) groups is 2. The first-order valence-electron chi connectivity index (χ1n) is 7.29. The Morgan fingerprint density at radius 3 is 2.43 bits per heavy atom. The Kier molecular flexibility index (Phi) is 7.43. The normalized spacial score (nSPS) is 10.2. The molecule has 0 atom stereocenters. The van der Waals surface area contributed by atoms with Gasteiger partial charge in [-0.15, -0.1) is 0 Å². The van der Waals surface area contributed by atoms with E-state index < -0.39 is 0 Å². The minimum atomic E-state index is -0.302. The maximum absolute atomic E-state index is 12.8. The maximum atomic E-state index is 12.8. The van der Waals surface area contributed by atoms with Crippen molar-refractivity contribution in [2.45, 2.75) is 39.7 Å². The molecule has 0 aliphatic carbocycles. The lowest BCUT2D eigenvalue weighted by atomic mass is 10.2. The van der Waals surface area contributed by atoms with Gasteiger partial charge in [0.25, 0.3) is 0 Å². The largest absolute Gasteiger partial charge is 0.350 e. The number of unbranched alkanes of at least 4 members (excludes halogenated alkanes) is 2. The topological polar surface area (TPSA) is 49.4 Å². The van der Waals surface area contributed by atoms with Crippen LogP contribution in [0, 0.1) is 5.82 Å². The third-order valence-electron chi connectivity index (χ3n) is 3.21. The van der Waals surface area contributed by atoms with Crippen LogP contribution in [-0.2, 0) is 16.1 Å². The smallest absolute Gasteiger partial charge is 0.239 e. The molecule has 0 aromatic heterocycles.